The summed E-state index contributed by atoms with van der Waals surface area (Å²) in [4.78, 5) is 11.6. The van der Waals surface area contributed by atoms with E-state index < -0.39 is 0 Å². The molecule has 0 aliphatic carbocycles. The number of hydrogen-bond acceptors (Lipinski definition) is 4. The van der Waals surface area contributed by atoms with Crippen LogP contribution < -0.4 is 5.32 Å². The van der Waals surface area contributed by atoms with Crippen LogP contribution in [0.4, 0.5) is 0 Å². The molecule has 1 aromatic rings. The Labute approximate surface area is 98.7 Å². The highest BCUT2D eigenvalue weighted by atomic mass is 32.2. The number of benzene rings is 1. The fourth-order valence-corrected chi connectivity index (χ4v) is 1.40. The first-order chi connectivity index (χ1) is 7.52. The molecule has 0 aliphatic rings. The molecular formula is C11H15NO3S. The second-order valence-corrected chi connectivity index (χ2v) is 4.77. The number of carbonyl (C=O) groups excluding carboxylic acids is 1. The van der Waals surface area contributed by atoms with Crippen molar-refractivity contribution in [3.8, 4) is 11.5 Å². The summed E-state index contributed by atoms with van der Waals surface area (Å²) >= 11 is 1.65. The molecule has 4 nitrogen and oxygen atoms in total. The summed E-state index contributed by atoms with van der Waals surface area (Å²) < 4.78 is 0. The molecule has 0 saturated carbocycles. The lowest BCUT2D eigenvalue weighted by Crippen LogP contribution is -2.29. The summed E-state index contributed by atoms with van der Waals surface area (Å²) in [6, 6.07) is 3.82. The molecule has 88 valence electrons. The number of phenols is 2. The number of amides is 1. The minimum absolute atomic E-state index is 0.122. The number of phenolic OH excluding ortho intramolecular Hbond substituents is 2. The maximum Gasteiger partial charge on any atom is 0.251 e. The van der Waals surface area contributed by atoms with E-state index in [2.05, 4.69) is 5.32 Å². The molecule has 1 aromatic carbocycles. The molecule has 0 fully saturated rings. The highest BCUT2D eigenvalue weighted by Gasteiger charge is 2.09. The minimum atomic E-state index is -0.299. The van der Waals surface area contributed by atoms with Crippen LogP contribution in [0.1, 0.15) is 17.3 Å². The third-order valence-electron chi connectivity index (χ3n) is 2.12. The second kappa shape index (κ2) is 5.65. The number of rotatable bonds is 4. The number of aromatic hydroxyl groups is 2. The number of nitrogens with one attached hydrogen (secondary N) is 1. The molecule has 0 aromatic heterocycles. The van der Waals surface area contributed by atoms with Gasteiger partial charge in [0.05, 0.1) is 0 Å². The van der Waals surface area contributed by atoms with Gasteiger partial charge in [0.25, 0.3) is 5.91 Å². The normalized spacial score (nSPS) is 12.1. The molecule has 1 amide bonds. The van der Waals surface area contributed by atoms with Gasteiger partial charge >= 0.3 is 0 Å². The smallest absolute Gasteiger partial charge is 0.251 e. The fourth-order valence-electron chi connectivity index (χ4n) is 1.15. The zero-order valence-corrected chi connectivity index (χ0v) is 10.0. The van der Waals surface area contributed by atoms with Gasteiger partial charge in [-0.05, 0) is 18.4 Å². The maximum absolute atomic E-state index is 11.6. The summed E-state index contributed by atoms with van der Waals surface area (Å²) in [5.74, 6) is -0.543. The quantitative estimate of drug-likeness (QED) is 0.748. The van der Waals surface area contributed by atoms with Crippen molar-refractivity contribution in [2.24, 2.45) is 0 Å². The van der Waals surface area contributed by atoms with Crippen LogP contribution in [0.5, 0.6) is 11.5 Å². The summed E-state index contributed by atoms with van der Waals surface area (Å²) in [6.07, 6.45) is 1.97. The Morgan fingerprint density at radius 1 is 1.38 bits per heavy atom. The van der Waals surface area contributed by atoms with E-state index in [9.17, 15) is 15.0 Å². The predicted molar refractivity (Wildman–Crippen MR) is 65.1 cm³/mol. The Kier molecular flexibility index (Phi) is 4.49. The van der Waals surface area contributed by atoms with E-state index in [0.29, 0.717) is 11.8 Å². The molecule has 3 N–H and O–H groups in total. The SMILES string of the molecule is CSC(C)CNC(=O)c1cc(O)cc(O)c1. The third kappa shape index (κ3) is 3.66. The van der Waals surface area contributed by atoms with E-state index in [1.165, 1.54) is 18.2 Å². The number of thioether (sulfide) groups is 1. The van der Waals surface area contributed by atoms with Crippen LogP contribution in [0.15, 0.2) is 18.2 Å². The van der Waals surface area contributed by atoms with Crippen LogP contribution in [-0.4, -0.2) is 34.2 Å². The van der Waals surface area contributed by atoms with Gasteiger partial charge in [0, 0.05) is 23.4 Å². The molecule has 16 heavy (non-hydrogen) atoms. The van der Waals surface area contributed by atoms with E-state index in [1.807, 2.05) is 13.2 Å². The van der Waals surface area contributed by atoms with Crippen LogP contribution in [0.3, 0.4) is 0 Å². The van der Waals surface area contributed by atoms with E-state index in [4.69, 9.17) is 0 Å². The molecule has 0 spiro atoms. The lowest BCUT2D eigenvalue weighted by Gasteiger charge is -2.10. The van der Waals surface area contributed by atoms with Crippen LogP contribution >= 0.6 is 11.8 Å². The summed E-state index contributed by atoms with van der Waals surface area (Å²) in [5.41, 5.74) is 0.255. The zero-order valence-electron chi connectivity index (χ0n) is 9.23. The van der Waals surface area contributed by atoms with Gasteiger partial charge in [0.15, 0.2) is 0 Å². The lowest BCUT2D eigenvalue weighted by molar-refractivity contribution is 0.0953. The van der Waals surface area contributed by atoms with Gasteiger partial charge in [0.2, 0.25) is 0 Å². The topological polar surface area (TPSA) is 69.6 Å². The average molecular weight is 241 g/mol. The molecule has 0 saturated heterocycles. The summed E-state index contributed by atoms with van der Waals surface area (Å²) in [7, 11) is 0. The summed E-state index contributed by atoms with van der Waals surface area (Å²) in [5, 5.41) is 21.5. The Hall–Kier alpha value is -1.36. The van der Waals surface area contributed by atoms with E-state index in [0.717, 1.165) is 0 Å². The first-order valence-electron chi connectivity index (χ1n) is 4.87. The highest BCUT2D eigenvalue weighted by molar-refractivity contribution is 7.99. The van der Waals surface area contributed by atoms with Crippen LogP contribution in [-0.2, 0) is 0 Å². The van der Waals surface area contributed by atoms with Crippen molar-refractivity contribution in [1.29, 1.82) is 0 Å². The molecule has 0 aliphatic heterocycles. The van der Waals surface area contributed by atoms with Crippen molar-refractivity contribution in [2.45, 2.75) is 12.2 Å². The predicted octanol–water partition coefficient (Wildman–Crippen LogP) is 1.58. The van der Waals surface area contributed by atoms with Crippen molar-refractivity contribution < 1.29 is 15.0 Å². The van der Waals surface area contributed by atoms with Crippen LogP contribution in [0, 0.1) is 0 Å². The fraction of sp³-hybridized carbons (Fsp3) is 0.364. The van der Waals surface area contributed by atoms with Crippen molar-refractivity contribution in [2.75, 3.05) is 12.8 Å². The maximum atomic E-state index is 11.6. The van der Waals surface area contributed by atoms with Crippen molar-refractivity contribution in [1.82, 2.24) is 5.32 Å². The molecule has 1 atom stereocenters. The number of hydrogen-bond donors (Lipinski definition) is 3. The molecule has 5 heteroatoms. The van der Waals surface area contributed by atoms with Crippen molar-refractivity contribution in [3.63, 3.8) is 0 Å². The lowest BCUT2D eigenvalue weighted by atomic mass is 10.2. The zero-order chi connectivity index (χ0) is 12.1. The minimum Gasteiger partial charge on any atom is -0.508 e. The molecule has 0 bridgehead atoms. The van der Waals surface area contributed by atoms with Gasteiger partial charge in [-0.1, -0.05) is 6.92 Å². The first kappa shape index (κ1) is 12.7. The van der Waals surface area contributed by atoms with Gasteiger partial charge in [0.1, 0.15) is 11.5 Å². The van der Waals surface area contributed by atoms with Crippen molar-refractivity contribution in [3.05, 3.63) is 23.8 Å². The molecule has 1 rings (SSSR count). The van der Waals surface area contributed by atoms with E-state index in [-0.39, 0.29) is 23.0 Å². The number of carbonyl (C=O) groups is 1. The molecule has 1 unspecified atom stereocenters. The van der Waals surface area contributed by atoms with Gasteiger partial charge < -0.3 is 15.5 Å². The van der Waals surface area contributed by atoms with Gasteiger partial charge in [-0.3, -0.25) is 4.79 Å². The Morgan fingerprint density at radius 3 is 2.44 bits per heavy atom. The molecular weight excluding hydrogens is 226 g/mol. The average Bonchev–Trinajstić information content (AvgIpc) is 2.23. The van der Waals surface area contributed by atoms with Gasteiger partial charge in [-0.15, -0.1) is 0 Å². The highest BCUT2D eigenvalue weighted by Crippen LogP contribution is 2.20. The van der Waals surface area contributed by atoms with Crippen molar-refractivity contribution >= 4 is 17.7 Å². The Balaban J connectivity index is 2.66. The largest absolute Gasteiger partial charge is 0.508 e. The second-order valence-electron chi connectivity index (χ2n) is 3.49. The molecule has 0 radical (unpaired) electrons. The standard InChI is InChI=1S/C11H15NO3S/c1-7(16-2)6-12-11(15)8-3-9(13)5-10(14)4-8/h3-5,7,13-14H,6H2,1-2H3,(H,12,15). The Bertz CT molecular complexity index is 361. The monoisotopic (exact) mass is 241 g/mol. The Morgan fingerprint density at radius 2 is 1.94 bits per heavy atom. The van der Waals surface area contributed by atoms with Crippen LogP contribution in [0.2, 0.25) is 0 Å². The third-order valence-corrected chi connectivity index (χ3v) is 3.09. The first-order valence-corrected chi connectivity index (χ1v) is 6.15. The van der Waals surface area contributed by atoms with E-state index >= 15 is 0 Å². The van der Waals surface area contributed by atoms with Gasteiger partial charge in [-0.25, -0.2) is 0 Å². The summed E-state index contributed by atoms with van der Waals surface area (Å²) in [6.45, 7) is 2.56. The molecule has 0 heterocycles. The van der Waals surface area contributed by atoms with E-state index in [1.54, 1.807) is 11.8 Å². The van der Waals surface area contributed by atoms with Gasteiger partial charge in [-0.2, -0.15) is 11.8 Å². The van der Waals surface area contributed by atoms with Crippen LogP contribution in [0.25, 0.3) is 0 Å².